The zero-order chi connectivity index (χ0) is 16.2. The van der Waals surface area contributed by atoms with Gasteiger partial charge in [0, 0.05) is 13.6 Å². The first kappa shape index (κ1) is 16.5. The number of hydrogen-bond donors (Lipinski definition) is 1. The van der Waals surface area contributed by atoms with Crippen molar-refractivity contribution < 1.29 is 23.3 Å². The van der Waals surface area contributed by atoms with E-state index in [0.717, 1.165) is 4.90 Å². The van der Waals surface area contributed by atoms with Gasteiger partial charge < -0.3 is 10.2 Å². The van der Waals surface area contributed by atoms with Crippen molar-refractivity contribution >= 4 is 17.5 Å². The maximum Gasteiger partial charge on any atom is 0.285 e. The number of nitro groups is 1. The predicted molar refractivity (Wildman–Crippen MR) is 68.7 cm³/mol. The standard InChI is InChI=1S/C12H13F2N3O4/c1-3-15-11(18)6-16(2)12(19)7-4-8(13)9(14)5-10(7)17(20)21/h4-5H,3,6H2,1-2H3,(H,15,18). The molecule has 0 bridgehead atoms. The minimum absolute atomic E-state index is 0.336. The average molecular weight is 301 g/mol. The fourth-order valence-corrected chi connectivity index (χ4v) is 1.60. The molecular formula is C12H13F2N3O4. The van der Waals surface area contributed by atoms with Gasteiger partial charge in [-0.15, -0.1) is 0 Å². The minimum atomic E-state index is -1.43. The Labute approximate surface area is 118 Å². The molecule has 0 heterocycles. The average Bonchev–Trinajstić information content (AvgIpc) is 2.40. The van der Waals surface area contributed by atoms with Crippen LogP contribution >= 0.6 is 0 Å². The zero-order valence-corrected chi connectivity index (χ0v) is 11.4. The number of nitrogens with one attached hydrogen (secondary N) is 1. The molecule has 1 rings (SSSR count). The molecule has 0 aromatic heterocycles. The number of carbonyl (C=O) groups is 2. The van der Waals surface area contributed by atoms with Gasteiger partial charge in [0.15, 0.2) is 11.6 Å². The van der Waals surface area contributed by atoms with E-state index in [1.807, 2.05) is 0 Å². The van der Waals surface area contributed by atoms with Crippen LogP contribution < -0.4 is 5.32 Å². The van der Waals surface area contributed by atoms with Gasteiger partial charge in [0.1, 0.15) is 5.56 Å². The van der Waals surface area contributed by atoms with Gasteiger partial charge in [0.25, 0.3) is 11.6 Å². The molecular weight excluding hydrogens is 288 g/mol. The molecule has 0 fully saturated rings. The summed E-state index contributed by atoms with van der Waals surface area (Å²) in [6.07, 6.45) is 0. The second-order valence-electron chi connectivity index (χ2n) is 4.16. The number of nitro benzene ring substituents is 1. The second-order valence-corrected chi connectivity index (χ2v) is 4.16. The second kappa shape index (κ2) is 6.73. The highest BCUT2D eigenvalue weighted by Crippen LogP contribution is 2.23. The van der Waals surface area contributed by atoms with Gasteiger partial charge in [-0.3, -0.25) is 19.7 Å². The van der Waals surface area contributed by atoms with Gasteiger partial charge >= 0.3 is 0 Å². The van der Waals surface area contributed by atoms with Crippen LogP contribution in [0.3, 0.4) is 0 Å². The van der Waals surface area contributed by atoms with E-state index in [1.54, 1.807) is 6.92 Å². The summed E-state index contributed by atoms with van der Waals surface area (Å²) in [7, 11) is 1.22. The number of likely N-dealkylation sites (N-methyl/N-ethyl adjacent to an activating group) is 2. The van der Waals surface area contributed by atoms with E-state index in [2.05, 4.69) is 5.32 Å². The van der Waals surface area contributed by atoms with Crippen LogP contribution in [-0.4, -0.2) is 41.8 Å². The van der Waals surface area contributed by atoms with Crippen molar-refractivity contribution in [1.82, 2.24) is 10.2 Å². The normalized spacial score (nSPS) is 10.1. The monoisotopic (exact) mass is 301 g/mol. The summed E-state index contributed by atoms with van der Waals surface area (Å²) < 4.78 is 26.2. The Bertz CT molecular complexity index is 592. The molecule has 2 amide bonds. The smallest absolute Gasteiger partial charge is 0.285 e. The zero-order valence-electron chi connectivity index (χ0n) is 11.4. The molecule has 0 aliphatic heterocycles. The molecule has 0 atom stereocenters. The molecule has 114 valence electrons. The van der Waals surface area contributed by atoms with E-state index in [4.69, 9.17) is 0 Å². The lowest BCUT2D eigenvalue weighted by atomic mass is 10.1. The van der Waals surface area contributed by atoms with Crippen molar-refractivity contribution in [3.8, 4) is 0 Å². The van der Waals surface area contributed by atoms with Gasteiger partial charge in [-0.1, -0.05) is 0 Å². The topological polar surface area (TPSA) is 92.6 Å². The Morgan fingerprint density at radius 3 is 2.43 bits per heavy atom. The number of benzene rings is 1. The number of rotatable bonds is 5. The van der Waals surface area contributed by atoms with Crippen LogP contribution in [-0.2, 0) is 4.79 Å². The van der Waals surface area contributed by atoms with Gasteiger partial charge in [-0.25, -0.2) is 8.78 Å². The predicted octanol–water partition coefficient (Wildman–Crippen LogP) is 1.08. The van der Waals surface area contributed by atoms with Crippen LogP contribution in [0.4, 0.5) is 14.5 Å². The fourth-order valence-electron chi connectivity index (χ4n) is 1.60. The van der Waals surface area contributed by atoms with Gasteiger partial charge in [-0.2, -0.15) is 0 Å². The molecule has 0 aliphatic rings. The molecule has 1 aromatic carbocycles. The van der Waals surface area contributed by atoms with Crippen LogP contribution in [0.1, 0.15) is 17.3 Å². The van der Waals surface area contributed by atoms with E-state index in [9.17, 15) is 28.5 Å². The van der Waals surface area contributed by atoms with Crippen molar-refractivity contribution in [2.24, 2.45) is 0 Å². The maximum atomic E-state index is 13.2. The Kier molecular flexibility index (Phi) is 5.28. The molecule has 0 saturated heterocycles. The summed E-state index contributed by atoms with van der Waals surface area (Å²) in [5.74, 6) is -4.23. The first-order valence-corrected chi connectivity index (χ1v) is 5.93. The molecule has 0 saturated carbocycles. The van der Waals surface area contributed by atoms with E-state index in [-0.39, 0.29) is 6.54 Å². The Balaban J connectivity index is 3.09. The maximum absolute atomic E-state index is 13.2. The number of nitrogens with zero attached hydrogens (tertiary/aromatic N) is 2. The molecule has 21 heavy (non-hydrogen) atoms. The Hall–Kier alpha value is -2.58. The van der Waals surface area contributed by atoms with Crippen molar-refractivity contribution in [2.75, 3.05) is 20.1 Å². The highest BCUT2D eigenvalue weighted by Gasteiger charge is 2.26. The van der Waals surface area contributed by atoms with Crippen molar-refractivity contribution in [1.29, 1.82) is 0 Å². The molecule has 1 aromatic rings. The lowest BCUT2D eigenvalue weighted by Gasteiger charge is -2.16. The minimum Gasteiger partial charge on any atom is -0.355 e. The summed E-state index contributed by atoms with van der Waals surface area (Å²) in [6.45, 7) is 1.68. The third-order valence-corrected chi connectivity index (χ3v) is 2.57. The molecule has 9 heteroatoms. The van der Waals surface area contributed by atoms with E-state index >= 15 is 0 Å². The number of amides is 2. The lowest BCUT2D eigenvalue weighted by Crippen LogP contribution is -2.38. The highest BCUT2D eigenvalue weighted by molar-refractivity contribution is 5.99. The number of carbonyl (C=O) groups excluding carboxylic acids is 2. The van der Waals surface area contributed by atoms with Gasteiger partial charge in [0.05, 0.1) is 17.5 Å². The molecule has 0 spiro atoms. The lowest BCUT2D eigenvalue weighted by molar-refractivity contribution is -0.385. The Morgan fingerprint density at radius 1 is 1.33 bits per heavy atom. The van der Waals surface area contributed by atoms with Crippen molar-refractivity contribution in [3.05, 3.63) is 39.4 Å². The highest BCUT2D eigenvalue weighted by atomic mass is 19.2. The van der Waals surface area contributed by atoms with E-state index in [1.165, 1.54) is 7.05 Å². The number of hydrogen-bond acceptors (Lipinski definition) is 4. The van der Waals surface area contributed by atoms with Crippen LogP contribution in [0.15, 0.2) is 12.1 Å². The SMILES string of the molecule is CCNC(=O)CN(C)C(=O)c1cc(F)c(F)cc1[N+](=O)[O-]. The molecule has 0 unspecified atom stereocenters. The van der Waals surface area contributed by atoms with E-state index < -0.39 is 39.6 Å². The first-order chi connectivity index (χ1) is 9.77. The van der Waals surface area contributed by atoms with Gasteiger partial charge in [0.2, 0.25) is 5.91 Å². The Morgan fingerprint density at radius 2 is 1.90 bits per heavy atom. The van der Waals surface area contributed by atoms with Crippen LogP contribution in [0.25, 0.3) is 0 Å². The largest absolute Gasteiger partial charge is 0.355 e. The summed E-state index contributed by atoms with van der Waals surface area (Å²) in [5.41, 5.74) is -1.48. The van der Waals surface area contributed by atoms with Crippen molar-refractivity contribution in [3.63, 3.8) is 0 Å². The molecule has 1 N–H and O–H groups in total. The van der Waals surface area contributed by atoms with Crippen LogP contribution in [0.2, 0.25) is 0 Å². The molecule has 0 aliphatic carbocycles. The van der Waals surface area contributed by atoms with Gasteiger partial charge in [-0.05, 0) is 13.0 Å². The van der Waals surface area contributed by atoms with E-state index in [0.29, 0.717) is 18.7 Å². The summed E-state index contributed by atoms with van der Waals surface area (Å²) in [4.78, 5) is 34.1. The summed E-state index contributed by atoms with van der Waals surface area (Å²) in [6, 6.07) is 0.784. The van der Waals surface area contributed by atoms with Crippen molar-refractivity contribution in [2.45, 2.75) is 6.92 Å². The summed E-state index contributed by atoms with van der Waals surface area (Å²) >= 11 is 0. The summed E-state index contributed by atoms with van der Waals surface area (Å²) in [5, 5.41) is 13.2. The number of halogens is 2. The fraction of sp³-hybridized carbons (Fsp3) is 0.333. The molecule has 7 nitrogen and oxygen atoms in total. The third-order valence-electron chi connectivity index (χ3n) is 2.57. The first-order valence-electron chi connectivity index (χ1n) is 5.93. The van der Waals surface area contributed by atoms with Crippen LogP contribution in [0, 0.1) is 21.7 Å². The van der Waals surface area contributed by atoms with Crippen LogP contribution in [0.5, 0.6) is 0 Å². The molecule has 0 radical (unpaired) electrons. The quantitative estimate of drug-likeness (QED) is 0.650. The third kappa shape index (κ3) is 3.94.